The minimum atomic E-state index is -0.169. The van der Waals surface area contributed by atoms with Gasteiger partial charge in [0.2, 0.25) is 0 Å². The number of hydrogen-bond acceptors (Lipinski definition) is 4. The first-order valence-corrected chi connectivity index (χ1v) is 7.42. The number of nitrogens with one attached hydrogen (secondary N) is 1. The molecule has 0 aliphatic carbocycles. The lowest BCUT2D eigenvalue weighted by molar-refractivity contribution is 0.0919. The smallest absolute Gasteiger partial charge is 0.270 e. The predicted molar refractivity (Wildman–Crippen MR) is 89.4 cm³/mol. The number of nitrogens with zero attached hydrogens (tertiary/aromatic N) is 2. The Hall–Kier alpha value is -1.53. The topological polar surface area (TPSA) is 71.2 Å². The molecule has 0 aromatic carbocycles. The molecule has 1 amide bonds. The summed E-state index contributed by atoms with van der Waals surface area (Å²) in [6.45, 7) is 5.09. The van der Waals surface area contributed by atoms with Crippen molar-refractivity contribution < 1.29 is 4.79 Å². The van der Waals surface area contributed by atoms with Gasteiger partial charge < -0.3 is 16.0 Å². The Labute approximate surface area is 131 Å². The maximum absolute atomic E-state index is 12.2. The van der Waals surface area contributed by atoms with Crippen molar-refractivity contribution in [3.05, 3.63) is 29.6 Å². The quantitative estimate of drug-likeness (QED) is 0.746. The Morgan fingerprint density at radius 3 is 2.52 bits per heavy atom. The molecule has 0 saturated carbocycles. The Morgan fingerprint density at radius 1 is 1.43 bits per heavy atom. The van der Waals surface area contributed by atoms with Crippen molar-refractivity contribution in [3.63, 3.8) is 0 Å². The summed E-state index contributed by atoms with van der Waals surface area (Å²) in [6.07, 6.45) is 2.45. The number of likely N-dealkylation sites (N-methyl/N-ethyl adjacent to an activating group) is 1. The Balaban J connectivity index is 2.73. The molecule has 1 aromatic heterocycles. The summed E-state index contributed by atoms with van der Waals surface area (Å²) in [6, 6.07) is 3.46. The van der Waals surface area contributed by atoms with Gasteiger partial charge in [-0.1, -0.05) is 26.1 Å². The molecule has 0 spiro atoms. The van der Waals surface area contributed by atoms with Crippen molar-refractivity contribution in [1.29, 1.82) is 0 Å². The van der Waals surface area contributed by atoms with E-state index in [1.54, 1.807) is 12.1 Å². The molecule has 0 bridgehead atoms. The Bertz CT molecular complexity index is 475. The van der Waals surface area contributed by atoms with E-state index in [2.05, 4.69) is 29.0 Å². The minimum absolute atomic E-state index is 0.101. The van der Waals surface area contributed by atoms with Gasteiger partial charge in [-0.05, 0) is 38.6 Å². The van der Waals surface area contributed by atoms with E-state index in [4.69, 9.17) is 18.0 Å². The number of rotatable bonds is 7. The van der Waals surface area contributed by atoms with Crippen molar-refractivity contribution in [2.24, 2.45) is 11.7 Å². The van der Waals surface area contributed by atoms with Gasteiger partial charge in [-0.2, -0.15) is 0 Å². The number of pyridine rings is 1. The van der Waals surface area contributed by atoms with Crippen LogP contribution in [0.3, 0.4) is 0 Å². The first kappa shape index (κ1) is 17.5. The first-order valence-electron chi connectivity index (χ1n) is 7.01. The maximum Gasteiger partial charge on any atom is 0.270 e. The Kier molecular flexibility index (Phi) is 6.71. The average Bonchev–Trinajstić information content (AvgIpc) is 2.37. The largest absolute Gasteiger partial charge is 0.389 e. The van der Waals surface area contributed by atoms with Crippen LogP contribution in [0, 0.1) is 5.92 Å². The fraction of sp³-hybridized carbons (Fsp3) is 0.533. The summed E-state index contributed by atoms with van der Waals surface area (Å²) in [7, 11) is 3.99. The monoisotopic (exact) mass is 308 g/mol. The molecule has 0 fully saturated rings. The van der Waals surface area contributed by atoms with Crippen LogP contribution < -0.4 is 11.1 Å². The summed E-state index contributed by atoms with van der Waals surface area (Å²) in [5.74, 6) is 0.345. The SMILES string of the molecule is CC(C)CC(CN(C)C)NC(=O)c1ccc(C(N)=S)cn1. The fourth-order valence-electron chi connectivity index (χ4n) is 2.12. The zero-order valence-corrected chi connectivity index (χ0v) is 13.9. The maximum atomic E-state index is 12.2. The molecule has 0 aliphatic rings. The van der Waals surface area contributed by atoms with Crippen LogP contribution in [0.4, 0.5) is 0 Å². The van der Waals surface area contributed by atoms with Crippen LogP contribution in [0.2, 0.25) is 0 Å². The molecule has 1 rings (SSSR count). The van der Waals surface area contributed by atoms with Gasteiger partial charge in [-0.25, -0.2) is 0 Å². The second kappa shape index (κ2) is 8.05. The standard InChI is InChI=1S/C15H24N4OS/c1-10(2)7-12(9-19(3)4)18-15(20)13-6-5-11(8-17-13)14(16)21/h5-6,8,10,12H,7,9H2,1-4H3,(H2,16,21)(H,18,20). The molecule has 1 aromatic rings. The van der Waals surface area contributed by atoms with Gasteiger partial charge >= 0.3 is 0 Å². The lowest BCUT2D eigenvalue weighted by atomic mass is 10.0. The van der Waals surface area contributed by atoms with Gasteiger partial charge in [0, 0.05) is 24.3 Å². The van der Waals surface area contributed by atoms with Crippen molar-refractivity contribution in [2.75, 3.05) is 20.6 Å². The molecule has 3 N–H and O–H groups in total. The molecule has 0 aliphatic heterocycles. The molecule has 21 heavy (non-hydrogen) atoms. The third kappa shape index (κ3) is 6.18. The van der Waals surface area contributed by atoms with Crippen LogP contribution in [0.1, 0.15) is 36.3 Å². The highest BCUT2D eigenvalue weighted by molar-refractivity contribution is 7.80. The number of nitrogens with two attached hydrogens (primary N) is 1. The first-order chi connectivity index (χ1) is 9.79. The fourth-order valence-corrected chi connectivity index (χ4v) is 2.24. The second-order valence-corrected chi connectivity index (χ2v) is 6.30. The van der Waals surface area contributed by atoms with Gasteiger partial charge in [0.25, 0.3) is 5.91 Å². The summed E-state index contributed by atoms with van der Waals surface area (Å²) in [5.41, 5.74) is 6.55. The highest BCUT2D eigenvalue weighted by Crippen LogP contribution is 2.07. The van der Waals surface area contributed by atoms with E-state index in [1.807, 2.05) is 14.1 Å². The van der Waals surface area contributed by atoms with E-state index in [0.29, 0.717) is 17.2 Å². The number of carbonyl (C=O) groups is 1. The summed E-state index contributed by atoms with van der Waals surface area (Å²) >= 11 is 4.87. The normalized spacial score (nSPS) is 12.5. The lowest BCUT2D eigenvalue weighted by Gasteiger charge is -2.23. The zero-order chi connectivity index (χ0) is 16.0. The van der Waals surface area contributed by atoms with Crippen molar-refractivity contribution in [2.45, 2.75) is 26.3 Å². The van der Waals surface area contributed by atoms with Gasteiger partial charge in [-0.3, -0.25) is 9.78 Å². The predicted octanol–water partition coefficient (Wildman–Crippen LogP) is 1.42. The molecule has 5 nitrogen and oxygen atoms in total. The number of aromatic nitrogens is 1. The summed E-state index contributed by atoms with van der Waals surface area (Å²) in [5, 5.41) is 3.04. The van der Waals surface area contributed by atoms with Crippen molar-refractivity contribution in [3.8, 4) is 0 Å². The number of thiocarbonyl (C=S) groups is 1. The lowest BCUT2D eigenvalue weighted by Crippen LogP contribution is -2.42. The number of hydrogen-bond donors (Lipinski definition) is 2. The molecule has 1 heterocycles. The molecule has 0 saturated heterocycles. The average molecular weight is 308 g/mol. The van der Waals surface area contributed by atoms with Crippen molar-refractivity contribution in [1.82, 2.24) is 15.2 Å². The summed E-state index contributed by atoms with van der Waals surface area (Å²) < 4.78 is 0. The van der Waals surface area contributed by atoms with Gasteiger partial charge in [-0.15, -0.1) is 0 Å². The molecule has 6 heteroatoms. The molecular weight excluding hydrogens is 284 g/mol. The van der Waals surface area contributed by atoms with E-state index >= 15 is 0 Å². The van der Waals surface area contributed by atoms with E-state index in [-0.39, 0.29) is 16.9 Å². The van der Waals surface area contributed by atoms with Crippen LogP contribution in [-0.4, -0.2) is 47.5 Å². The number of amides is 1. The third-order valence-corrected chi connectivity index (χ3v) is 3.19. The van der Waals surface area contributed by atoms with Crippen LogP contribution >= 0.6 is 12.2 Å². The highest BCUT2D eigenvalue weighted by Gasteiger charge is 2.17. The number of carbonyl (C=O) groups excluding carboxylic acids is 1. The van der Waals surface area contributed by atoms with E-state index < -0.39 is 0 Å². The van der Waals surface area contributed by atoms with Gasteiger partial charge in [0.05, 0.1) is 0 Å². The zero-order valence-electron chi connectivity index (χ0n) is 13.1. The second-order valence-electron chi connectivity index (χ2n) is 5.86. The van der Waals surface area contributed by atoms with E-state index in [1.165, 1.54) is 6.20 Å². The van der Waals surface area contributed by atoms with E-state index in [9.17, 15) is 4.79 Å². The summed E-state index contributed by atoms with van der Waals surface area (Å²) in [4.78, 5) is 18.7. The molecule has 1 atom stereocenters. The van der Waals surface area contributed by atoms with Crippen LogP contribution in [0.25, 0.3) is 0 Å². The molecule has 1 unspecified atom stereocenters. The van der Waals surface area contributed by atoms with Crippen LogP contribution in [-0.2, 0) is 0 Å². The van der Waals surface area contributed by atoms with Crippen molar-refractivity contribution >= 4 is 23.1 Å². The third-order valence-electron chi connectivity index (χ3n) is 2.96. The van der Waals surface area contributed by atoms with E-state index in [0.717, 1.165) is 13.0 Å². The minimum Gasteiger partial charge on any atom is -0.389 e. The molecular formula is C15H24N4OS. The van der Waals surface area contributed by atoms with Crippen LogP contribution in [0.5, 0.6) is 0 Å². The van der Waals surface area contributed by atoms with Gasteiger partial charge in [0.1, 0.15) is 10.7 Å². The highest BCUT2D eigenvalue weighted by atomic mass is 32.1. The van der Waals surface area contributed by atoms with Crippen LogP contribution in [0.15, 0.2) is 18.3 Å². The Morgan fingerprint density at radius 2 is 2.10 bits per heavy atom. The van der Waals surface area contributed by atoms with Gasteiger partial charge in [0.15, 0.2) is 0 Å². The molecule has 0 radical (unpaired) electrons. The molecule has 116 valence electrons.